The molecular weight excluding hydrogens is 172 g/mol. The molecule has 11 heavy (non-hydrogen) atoms. The zero-order valence-electron chi connectivity index (χ0n) is 6.97. The summed E-state index contributed by atoms with van der Waals surface area (Å²) in [4.78, 5) is 2.00. The zero-order chi connectivity index (χ0) is 8.59. The van der Waals surface area contributed by atoms with Crippen LogP contribution in [-0.2, 0) is 0 Å². The fourth-order valence-corrected chi connectivity index (χ4v) is 1.64. The third-order valence-corrected chi connectivity index (χ3v) is 3.29. The Balaban J connectivity index is 3.46. The molecule has 1 aromatic carbocycles. The number of benzene rings is 1. The van der Waals surface area contributed by atoms with Gasteiger partial charge in [-0.3, -0.25) is 0 Å². The van der Waals surface area contributed by atoms with Crippen LogP contribution in [-0.4, -0.2) is 0 Å². The highest BCUT2D eigenvalue weighted by Crippen LogP contribution is 2.27. The van der Waals surface area contributed by atoms with Gasteiger partial charge < -0.3 is 0 Å². The Labute approximate surface area is 78.8 Å². The molecule has 0 aliphatic carbocycles. The summed E-state index contributed by atoms with van der Waals surface area (Å²) >= 11 is 8.73. The van der Waals surface area contributed by atoms with E-state index in [1.165, 1.54) is 16.7 Å². The Morgan fingerprint density at radius 3 is 2.00 bits per heavy atom. The van der Waals surface area contributed by atoms with Crippen LogP contribution in [0.5, 0.6) is 0 Å². The Hall–Kier alpha value is -0.0800. The van der Waals surface area contributed by atoms with E-state index in [1.54, 1.807) is 0 Å². The van der Waals surface area contributed by atoms with Crippen molar-refractivity contribution in [1.29, 1.82) is 0 Å². The molecule has 0 saturated carbocycles. The van der Waals surface area contributed by atoms with Crippen LogP contribution < -0.4 is 0 Å². The van der Waals surface area contributed by atoms with Crippen LogP contribution in [0, 0.1) is 20.8 Å². The van der Waals surface area contributed by atoms with Crippen LogP contribution in [0.3, 0.4) is 0 Å². The minimum absolute atomic E-state index is 0.997. The number of thiol groups is 2. The summed E-state index contributed by atoms with van der Waals surface area (Å²) in [6.45, 7) is 6.21. The van der Waals surface area contributed by atoms with Crippen molar-refractivity contribution >= 4 is 25.3 Å². The van der Waals surface area contributed by atoms with Gasteiger partial charge in [0.1, 0.15) is 0 Å². The summed E-state index contributed by atoms with van der Waals surface area (Å²) in [6, 6.07) is 2.14. The van der Waals surface area contributed by atoms with Crippen LogP contribution in [0.15, 0.2) is 15.9 Å². The lowest BCUT2D eigenvalue weighted by Crippen LogP contribution is -1.88. The van der Waals surface area contributed by atoms with E-state index >= 15 is 0 Å². The Kier molecular flexibility index (Phi) is 2.55. The van der Waals surface area contributed by atoms with E-state index < -0.39 is 0 Å². The molecular formula is C9H12S2. The third-order valence-electron chi connectivity index (χ3n) is 1.98. The fourth-order valence-electron chi connectivity index (χ4n) is 1.05. The summed E-state index contributed by atoms with van der Waals surface area (Å²) < 4.78 is 0. The van der Waals surface area contributed by atoms with Gasteiger partial charge >= 0.3 is 0 Å². The molecule has 0 atom stereocenters. The predicted octanol–water partition coefficient (Wildman–Crippen LogP) is 3.19. The highest BCUT2D eigenvalue weighted by atomic mass is 32.1. The number of rotatable bonds is 0. The van der Waals surface area contributed by atoms with Crippen molar-refractivity contribution in [2.24, 2.45) is 0 Å². The van der Waals surface area contributed by atoms with Gasteiger partial charge in [-0.2, -0.15) is 0 Å². The average Bonchev–Trinajstić information content (AvgIpc) is 1.97. The van der Waals surface area contributed by atoms with Gasteiger partial charge in [0.05, 0.1) is 0 Å². The Morgan fingerprint density at radius 1 is 0.909 bits per heavy atom. The van der Waals surface area contributed by atoms with Crippen molar-refractivity contribution in [3.8, 4) is 0 Å². The van der Waals surface area contributed by atoms with Crippen LogP contribution >= 0.6 is 25.3 Å². The monoisotopic (exact) mass is 184 g/mol. The third kappa shape index (κ3) is 1.57. The van der Waals surface area contributed by atoms with E-state index in [-0.39, 0.29) is 0 Å². The molecule has 2 heteroatoms. The molecule has 1 aromatic rings. The summed E-state index contributed by atoms with van der Waals surface area (Å²) in [7, 11) is 0. The number of hydrogen-bond donors (Lipinski definition) is 2. The largest absolute Gasteiger partial charge is 0.142 e. The maximum absolute atomic E-state index is 4.37. The summed E-state index contributed by atoms with van der Waals surface area (Å²) in [5.41, 5.74) is 3.70. The fraction of sp³-hybridized carbons (Fsp3) is 0.333. The molecule has 0 unspecified atom stereocenters. The van der Waals surface area contributed by atoms with Gasteiger partial charge in [-0.15, -0.1) is 25.3 Å². The molecule has 0 aliphatic heterocycles. The van der Waals surface area contributed by atoms with Crippen molar-refractivity contribution in [2.75, 3.05) is 0 Å². The lowest BCUT2D eigenvalue weighted by atomic mass is 10.1. The second-order valence-electron chi connectivity index (χ2n) is 2.83. The first-order valence-electron chi connectivity index (χ1n) is 3.52. The van der Waals surface area contributed by atoms with Crippen molar-refractivity contribution < 1.29 is 0 Å². The molecule has 0 amide bonds. The zero-order valence-corrected chi connectivity index (χ0v) is 8.76. The van der Waals surface area contributed by atoms with E-state index in [4.69, 9.17) is 0 Å². The van der Waals surface area contributed by atoms with Crippen LogP contribution in [0.2, 0.25) is 0 Å². The van der Waals surface area contributed by atoms with Gasteiger partial charge in [0.2, 0.25) is 0 Å². The molecule has 0 spiro atoms. The van der Waals surface area contributed by atoms with E-state index in [1.807, 2.05) is 0 Å². The first kappa shape index (κ1) is 9.01. The molecule has 0 radical (unpaired) electrons. The molecule has 0 nitrogen and oxygen atoms in total. The molecule has 0 bridgehead atoms. The Morgan fingerprint density at radius 2 is 1.45 bits per heavy atom. The standard InChI is InChI=1S/C9H12S2/c1-5-4-6(2)8(10)9(11)7(5)3/h4,10-11H,1-3H3. The van der Waals surface area contributed by atoms with Gasteiger partial charge in [-0.1, -0.05) is 6.07 Å². The molecule has 60 valence electrons. The highest BCUT2D eigenvalue weighted by Gasteiger charge is 2.04. The molecule has 0 aliphatic rings. The van der Waals surface area contributed by atoms with Gasteiger partial charge in [-0.25, -0.2) is 0 Å². The van der Waals surface area contributed by atoms with Gasteiger partial charge in [0, 0.05) is 9.79 Å². The van der Waals surface area contributed by atoms with Crippen molar-refractivity contribution in [3.05, 3.63) is 22.8 Å². The summed E-state index contributed by atoms with van der Waals surface area (Å²) in [5, 5.41) is 0. The van der Waals surface area contributed by atoms with Crippen molar-refractivity contribution in [1.82, 2.24) is 0 Å². The minimum Gasteiger partial charge on any atom is -0.142 e. The molecule has 0 fully saturated rings. The molecule has 1 rings (SSSR count). The molecule has 0 aromatic heterocycles. The SMILES string of the molecule is Cc1cc(C)c(S)c(S)c1C. The Bertz CT molecular complexity index is 264. The van der Waals surface area contributed by atoms with Crippen molar-refractivity contribution in [2.45, 2.75) is 30.6 Å². The first-order chi connectivity index (χ1) is 5.04. The van der Waals surface area contributed by atoms with Gasteiger partial charge in [0.25, 0.3) is 0 Å². The normalized spacial score (nSPS) is 10.3. The minimum atomic E-state index is 0.997. The van der Waals surface area contributed by atoms with Gasteiger partial charge in [0.15, 0.2) is 0 Å². The average molecular weight is 184 g/mol. The predicted molar refractivity (Wildman–Crippen MR) is 55.2 cm³/mol. The summed E-state index contributed by atoms with van der Waals surface area (Å²) in [6.07, 6.45) is 0. The second-order valence-corrected chi connectivity index (χ2v) is 3.73. The van der Waals surface area contributed by atoms with E-state index in [0.29, 0.717) is 0 Å². The molecule has 0 saturated heterocycles. The van der Waals surface area contributed by atoms with E-state index in [9.17, 15) is 0 Å². The van der Waals surface area contributed by atoms with Crippen LogP contribution in [0.1, 0.15) is 16.7 Å². The van der Waals surface area contributed by atoms with Gasteiger partial charge in [-0.05, 0) is 37.5 Å². The number of aryl methyl sites for hydroxylation is 2. The molecule has 0 N–H and O–H groups in total. The maximum atomic E-state index is 4.37. The van der Waals surface area contributed by atoms with E-state index in [0.717, 1.165) is 9.79 Å². The van der Waals surface area contributed by atoms with Crippen LogP contribution in [0.4, 0.5) is 0 Å². The van der Waals surface area contributed by atoms with Crippen molar-refractivity contribution in [3.63, 3.8) is 0 Å². The van der Waals surface area contributed by atoms with Crippen LogP contribution in [0.25, 0.3) is 0 Å². The lowest BCUT2D eigenvalue weighted by molar-refractivity contribution is 1.09. The first-order valence-corrected chi connectivity index (χ1v) is 4.42. The molecule has 0 heterocycles. The van der Waals surface area contributed by atoms with E-state index in [2.05, 4.69) is 52.1 Å². The lowest BCUT2D eigenvalue weighted by Gasteiger charge is -2.08. The maximum Gasteiger partial charge on any atom is 0.0208 e. The highest BCUT2D eigenvalue weighted by molar-refractivity contribution is 7.83. The quantitative estimate of drug-likeness (QED) is 0.568. The number of hydrogen-bond acceptors (Lipinski definition) is 2. The second kappa shape index (κ2) is 3.11. The summed E-state index contributed by atoms with van der Waals surface area (Å²) in [5.74, 6) is 0. The smallest absolute Gasteiger partial charge is 0.0208 e. The topological polar surface area (TPSA) is 0 Å².